The molecule has 32 heavy (non-hydrogen) atoms. The van der Waals surface area contributed by atoms with Crippen LogP contribution < -0.4 is 14.8 Å². The molecule has 3 rings (SSSR count). The number of benzene rings is 2. The molecule has 1 N–H and O–H groups in total. The minimum absolute atomic E-state index is 0.0642. The topological polar surface area (TPSA) is 71.3 Å². The highest BCUT2D eigenvalue weighted by Gasteiger charge is 2.24. The minimum Gasteiger partial charge on any atom is -0.493 e. The number of carbonyl (C=O) groups excluding carboxylic acids is 1. The number of hydrogen-bond acceptors (Lipinski definition) is 4. The van der Waals surface area contributed by atoms with Gasteiger partial charge in [0.25, 0.3) is 5.91 Å². The van der Waals surface area contributed by atoms with Gasteiger partial charge in [-0.2, -0.15) is 5.26 Å². The Morgan fingerprint density at radius 3 is 2.62 bits per heavy atom. The Bertz CT molecular complexity index is 1050. The lowest BCUT2D eigenvalue weighted by Gasteiger charge is -2.29. The van der Waals surface area contributed by atoms with Crippen LogP contribution >= 0.6 is 23.2 Å². The second-order valence-electron chi connectivity index (χ2n) is 7.96. The van der Waals surface area contributed by atoms with Gasteiger partial charge < -0.3 is 14.8 Å². The lowest BCUT2D eigenvalue weighted by Crippen LogP contribution is -2.41. The molecule has 1 fully saturated rings. The van der Waals surface area contributed by atoms with E-state index in [1.807, 2.05) is 12.1 Å². The van der Waals surface area contributed by atoms with Crippen molar-refractivity contribution in [1.82, 2.24) is 5.32 Å². The molecule has 0 saturated heterocycles. The molecule has 2 aromatic carbocycles. The number of nitrogens with zero attached hydrogens (tertiary/aromatic N) is 1. The monoisotopic (exact) mass is 472 g/mol. The summed E-state index contributed by atoms with van der Waals surface area (Å²) in [7, 11) is 1.54. The highest BCUT2D eigenvalue weighted by Crippen LogP contribution is 2.31. The van der Waals surface area contributed by atoms with Crippen LogP contribution in [0.15, 0.2) is 42.0 Å². The van der Waals surface area contributed by atoms with Gasteiger partial charge in [0.2, 0.25) is 0 Å². The Balaban J connectivity index is 1.71. The first-order valence-electron chi connectivity index (χ1n) is 10.6. The maximum Gasteiger partial charge on any atom is 0.262 e. The molecule has 0 radical (unpaired) electrons. The maximum absolute atomic E-state index is 12.6. The summed E-state index contributed by atoms with van der Waals surface area (Å²) >= 11 is 12.0. The molecule has 1 amide bonds. The van der Waals surface area contributed by atoms with E-state index in [4.69, 9.17) is 32.7 Å². The van der Waals surface area contributed by atoms with Crippen molar-refractivity contribution in [3.8, 4) is 17.6 Å². The highest BCUT2D eigenvalue weighted by molar-refractivity contribution is 6.42. The number of halogens is 2. The molecule has 168 valence electrons. The summed E-state index contributed by atoms with van der Waals surface area (Å²) < 4.78 is 11.3. The number of amides is 1. The summed E-state index contributed by atoms with van der Waals surface area (Å²) in [5.74, 6) is 1.11. The van der Waals surface area contributed by atoms with Crippen molar-refractivity contribution in [2.45, 2.75) is 45.3 Å². The second-order valence-corrected chi connectivity index (χ2v) is 8.77. The quantitative estimate of drug-likeness (QED) is 0.385. The summed E-state index contributed by atoms with van der Waals surface area (Å²) in [6.07, 6.45) is 5.89. The predicted octanol–water partition coefficient (Wildman–Crippen LogP) is 6.18. The average molecular weight is 473 g/mol. The third kappa shape index (κ3) is 6.18. The number of rotatable bonds is 7. The van der Waals surface area contributed by atoms with Crippen LogP contribution in [0.5, 0.6) is 11.5 Å². The van der Waals surface area contributed by atoms with Crippen LogP contribution in [-0.4, -0.2) is 19.1 Å². The Morgan fingerprint density at radius 1 is 1.16 bits per heavy atom. The van der Waals surface area contributed by atoms with Crippen LogP contribution in [0.1, 0.15) is 43.7 Å². The molecule has 0 heterocycles. The predicted molar refractivity (Wildman–Crippen MR) is 127 cm³/mol. The summed E-state index contributed by atoms with van der Waals surface area (Å²) in [4.78, 5) is 12.6. The van der Waals surface area contributed by atoms with Gasteiger partial charge in [-0.3, -0.25) is 4.79 Å². The zero-order valence-corrected chi connectivity index (χ0v) is 19.7. The molecular weight excluding hydrogens is 447 g/mol. The van der Waals surface area contributed by atoms with Crippen molar-refractivity contribution in [3.05, 3.63) is 63.1 Å². The number of nitriles is 1. The number of hydrogen-bond donors (Lipinski definition) is 1. The summed E-state index contributed by atoms with van der Waals surface area (Å²) in [5.41, 5.74) is 1.60. The second kappa shape index (κ2) is 11.3. The van der Waals surface area contributed by atoms with E-state index in [-0.39, 0.29) is 24.1 Å². The fourth-order valence-corrected chi connectivity index (χ4v) is 4.10. The fourth-order valence-electron chi connectivity index (χ4n) is 3.78. The summed E-state index contributed by atoms with van der Waals surface area (Å²) in [6, 6.07) is 12.7. The van der Waals surface area contributed by atoms with Gasteiger partial charge in [-0.05, 0) is 60.2 Å². The van der Waals surface area contributed by atoms with Crippen molar-refractivity contribution < 1.29 is 14.3 Å². The molecule has 2 atom stereocenters. The van der Waals surface area contributed by atoms with E-state index in [1.54, 1.807) is 36.4 Å². The molecular formula is C25H26Cl2N2O3. The number of ether oxygens (including phenoxy) is 2. The summed E-state index contributed by atoms with van der Waals surface area (Å²) in [6.45, 7) is 2.43. The van der Waals surface area contributed by atoms with E-state index in [9.17, 15) is 10.1 Å². The smallest absolute Gasteiger partial charge is 0.262 e. The van der Waals surface area contributed by atoms with E-state index in [2.05, 4.69) is 12.2 Å². The van der Waals surface area contributed by atoms with Gasteiger partial charge in [0, 0.05) is 6.04 Å². The molecule has 0 spiro atoms. The lowest BCUT2D eigenvalue weighted by atomic mass is 9.86. The SMILES string of the molecule is COc1cc(/C=C(\C#N)C(=O)N[C@H]2CCCC[C@H]2C)ccc1OCc1ccc(Cl)c(Cl)c1. The molecule has 1 saturated carbocycles. The van der Waals surface area contributed by atoms with E-state index in [0.717, 1.165) is 24.8 Å². The normalized spacial score (nSPS) is 18.5. The highest BCUT2D eigenvalue weighted by atomic mass is 35.5. The van der Waals surface area contributed by atoms with Crippen LogP contribution in [-0.2, 0) is 11.4 Å². The van der Waals surface area contributed by atoms with Crippen LogP contribution in [0, 0.1) is 17.2 Å². The first-order valence-corrected chi connectivity index (χ1v) is 11.3. The van der Waals surface area contributed by atoms with Crippen LogP contribution in [0.2, 0.25) is 10.0 Å². The molecule has 1 aliphatic carbocycles. The maximum atomic E-state index is 12.6. The molecule has 2 aromatic rings. The lowest BCUT2D eigenvalue weighted by molar-refractivity contribution is -0.118. The molecule has 7 heteroatoms. The molecule has 1 aliphatic rings. The average Bonchev–Trinajstić information content (AvgIpc) is 2.80. The van der Waals surface area contributed by atoms with E-state index in [1.165, 1.54) is 13.5 Å². The first kappa shape index (κ1) is 24.0. The molecule has 0 bridgehead atoms. The number of nitrogens with one attached hydrogen (secondary N) is 1. The zero-order chi connectivity index (χ0) is 23.1. The molecule has 0 unspecified atom stereocenters. The van der Waals surface area contributed by atoms with Gasteiger partial charge >= 0.3 is 0 Å². The standard InChI is InChI=1S/C25H26Cl2N2O3/c1-16-5-3-4-6-22(16)29-25(30)19(14-28)11-17-8-10-23(24(13-17)31-2)32-15-18-7-9-20(26)21(27)12-18/h7-13,16,22H,3-6,15H2,1-2H3,(H,29,30)/b19-11+/t16-,22+/m1/s1. The van der Waals surface area contributed by atoms with Crippen molar-refractivity contribution in [3.63, 3.8) is 0 Å². The zero-order valence-electron chi connectivity index (χ0n) is 18.2. The van der Waals surface area contributed by atoms with E-state index < -0.39 is 0 Å². The fraction of sp³-hybridized carbons (Fsp3) is 0.360. The Morgan fingerprint density at radius 2 is 1.94 bits per heavy atom. The van der Waals surface area contributed by atoms with Gasteiger partial charge in [-0.1, -0.05) is 55.1 Å². The molecule has 5 nitrogen and oxygen atoms in total. The largest absolute Gasteiger partial charge is 0.493 e. The van der Waals surface area contributed by atoms with E-state index in [0.29, 0.717) is 33.0 Å². The third-order valence-corrected chi connectivity index (χ3v) is 6.41. The Hall–Kier alpha value is -2.68. The van der Waals surface area contributed by atoms with Crippen molar-refractivity contribution >= 4 is 35.2 Å². The third-order valence-electron chi connectivity index (χ3n) is 5.67. The summed E-state index contributed by atoms with van der Waals surface area (Å²) in [5, 5.41) is 13.5. The van der Waals surface area contributed by atoms with Gasteiger partial charge in [0.1, 0.15) is 18.2 Å². The van der Waals surface area contributed by atoms with Gasteiger partial charge in [0.05, 0.1) is 17.2 Å². The van der Waals surface area contributed by atoms with Crippen molar-refractivity contribution in [2.75, 3.05) is 7.11 Å². The Labute approximate surface area is 198 Å². The minimum atomic E-state index is -0.342. The van der Waals surface area contributed by atoms with Gasteiger partial charge in [0.15, 0.2) is 11.5 Å². The number of carbonyl (C=O) groups is 1. The van der Waals surface area contributed by atoms with Gasteiger partial charge in [-0.15, -0.1) is 0 Å². The van der Waals surface area contributed by atoms with Gasteiger partial charge in [-0.25, -0.2) is 0 Å². The first-order chi connectivity index (χ1) is 15.4. The van der Waals surface area contributed by atoms with Crippen LogP contribution in [0.3, 0.4) is 0 Å². The van der Waals surface area contributed by atoms with Crippen molar-refractivity contribution in [2.24, 2.45) is 5.92 Å². The van der Waals surface area contributed by atoms with Crippen LogP contribution in [0.4, 0.5) is 0 Å². The Kier molecular flexibility index (Phi) is 8.44. The van der Waals surface area contributed by atoms with Crippen LogP contribution in [0.25, 0.3) is 6.08 Å². The van der Waals surface area contributed by atoms with Crippen molar-refractivity contribution in [1.29, 1.82) is 5.26 Å². The number of methoxy groups -OCH3 is 1. The molecule has 0 aromatic heterocycles. The van der Waals surface area contributed by atoms with E-state index >= 15 is 0 Å². The molecule has 0 aliphatic heterocycles.